The number of carboxylic acid groups (broad SMARTS) is 1. The van der Waals surface area contributed by atoms with Crippen LogP contribution in [0.4, 0.5) is 13.2 Å². The van der Waals surface area contributed by atoms with Gasteiger partial charge >= 0.3 is 18.1 Å². The number of alkyl halides is 3. The molecule has 0 saturated carbocycles. The predicted molar refractivity (Wildman–Crippen MR) is 83.7 cm³/mol. The molecule has 0 fully saturated rings. The van der Waals surface area contributed by atoms with Crippen LogP contribution in [0.5, 0.6) is 0 Å². The lowest BCUT2D eigenvalue weighted by Gasteiger charge is -2.10. The molecule has 0 spiro atoms. The molecule has 0 saturated heterocycles. The Labute approximate surface area is 154 Å². The van der Waals surface area contributed by atoms with E-state index in [1.165, 1.54) is 0 Å². The number of carbonyl (C=O) groups is 2. The first-order valence-electron chi connectivity index (χ1n) is 6.91. The molecule has 0 aliphatic heterocycles. The Hall–Kier alpha value is -3.39. The SMILES string of the molecule is N#Cc1cnn(-c2ncc(C(F)(F)F)cc2Cl)c1/C=C/C(=O)OCC(=O)O. The van der Waals surface area contributed by atoms with Crippen molar-refractivity contribution in [2.45, 2.75) is 6.18 Å². The minimum atomic E-state index is -4.65. The van der Waals surface area contributed by atoms with Gasteiger partial charge in [0.15, 0.2) is 12.4 Å². The van der Waals surface area contributed by atoms with E-state index < -0.39 is 30.3 Å². The lowest BCUT2D eigenvalue weighted by atomic mass is 10.2. The zero-order valence-electron chi connectivity index (χ0n) is 13.1. The van der Waals surface area contributed by atoms with E-state index in [9.17, 15) is 22.8 Å². The fourth-order valence-corrected chi connectivity index (χ4v) is 2.09. The van der Waals surface area contributed by atoms with Crippen molar-refractivity contribution >= 4 is 29.6 Å². The van der Waals surface area contributed by atoms with Crippen LogP contribution in [-0.4, -0.2) is 38.4 Å². The number of hydrogen-bond acceptors (Lipinski definition) is 6. The van der Waals surface area contributed by atoms with Crippen molar-refractivity contribution in [3.8, 4) is 11.9 Å². The minimum absolute atomic E-state index is 0.0149. The summed E-state index contributed by atoms with van der Waals surface area (Å²) in [6.07, 6.45) is -1.10. The maximum absolute atomic E-state index is 12.7. The molecule has 2 aromatic heterocycles. The highest BCUT2D eigenvalue weighted by molar-refractivity contribution is 6.32. The Morgan fingerprint density at radius 2 is 2.11 bits per heavy atom. The largest absolute Gasteiger partial charge is 0.479 e. The quantitative estimate of drug-likeness (QED) is 0.605. The summed E-state index contributed by atoms with van der Waals surface area (Å²) in [6, 6.07) is 2.43. The smallest absolute Gasteiger partial charge is 0.417 e. The van der Waals surface area contributed by atoms with E-state index in [-0.39, 0.29) is 22.1 Å². The van der Waals surface area contributed by atoms with Crippen LogP contribution in [0.25, 0.3) is 11.9 Å². The summed E-state index contributed by atoms with van der Waals surface area (Å²) in [7, 11) is 0. The molecule has 0 unspecified atom stereocenters. The maximum Gasteiger partial charge on any atom is 0.417 e. The average Bonchev–Trinajstić information content (AvgIpc) is 2.99. The van der Waals surface area contributed by atoms with E-state index in [0.29, 0.717) is 12.3 Å². The first-order valence-corrected chi connectivity index (χ1v) is 7.29. The lowest BCUT2D eigenvalue weighted by Crippen LogP contribution is -2.11. The summed E-state index contributed by atoms with van der Waals surface area (Å²) in [6.45, 7) is -0.861. The van der Waals surface area contributed by atoms with E-state index in [0.717, 1.165) is 23.0 Å². The molecule has 0 amide bonds. The molecular formula is C15H8ClF3N4O4. The van der Waals surface area contributed by atoms with Crippen LogP contribution >= 0.6 is 11.6 Å². The van der Waals surface area contributed by atoms with Gasteiger partial charge in [0.1, 0.15) is 6.07 Å². The monoisotopic (exact) mass is 400 g/mol. The molecule has 0 radical (unpaired) electrons. The van der Waals surface area contributed by atoms with Gasteiger partial charge < -0.3 is 9.84 Å². The molecule has 2 heterocycles. The maximum atomic E-state index is 12.7. The van der Waals surface area contributed by atoms with Crippen LogP contribution < -0.4 is 0 Å². The lowest BCUT2D eigenvalue weighted by molar-refractivity contribution is -0.151. The molecule has 2 rings (SSSR count). The number of aliphatic carboxylic acids is 1. The fraction of sp³-hybridized carbons (Fsp3) is 0.133. The van der Waals surface area contributed by atoms with Gasteiger partial charge in [-0.1, -0.05) is 11.6 Å². The molecule has 8 nitrogen and oxygen atoms in total. The topological polar surface area (TPSA) is 118 Å². The number of pyridine rings is 1. The Bertz CT molecular complexity index is 963. The molecule has 0 bridgehead atoms. The van der Waals surface area contributed by atoms with Crippen molar-refractivity contribution in [3.05, 3.63) is 46.4 Å². The Morgan fingerprint density at radius 1 is 1.41 bits per heavy atom. The highest BCUT2D eigenvalue weighted by atomic mass is 35.5. The van der Waals surface area contributed by atoms with Gasteiger partial charge in [0.25, 0.3) is 0 Å². The van der Waals surface area contributed by atoms with Crippen LogP contribution in [0.3, 0.4) is 0 Å². The van der Waals surface area contributed by atoms with Crippen molar-refractivity contribution in [1.29, 1.82) is 5.26 Å². The van der Waals surface area contributed by atoms with Gasteiger partial charge in [-0.25, -0.2) is 19.3 Å². The van der Waals surface area contributed by atoms with E-state index in [1.807, 2.05) is 0 Å². The van der Waals surface area contributed by atoms with Crippen LogP contribution in [0.1, 0.15) is 16.8 Å². The summed E-state index contributed by atoms with van der Waals surface area (Å²) >= 11 is 5.85. The van der Waals surface area contributed by atoms with Gasteiger partial charge in [-0.2, -0.15) is 23.5 Å². The van der Waals surface area contributed by atoms with Crippen LogP contribution in [0, 0.1) is 11.3 Å². The molecule has 1 N–H and O–H groups in total. The Morgan fingerprint density at radius 3 is 2.67 bits per heavy atom. The van der Waals surface area contributed by atoms with Crippen LogP contribution in [-0.2, 0) is 20.5 Å². The van der Waals surface area contributed by atoms with E-state index in [1.54, 1.807) is 6.07 Å². The van der Waals surface area contributed by atoms with E-state index >= 15 is 0 Å². The zero-order valence-corrected chi connectivity index (χ0v) is 13.8. The second-order valence-corrected chi connectivity index (χ2v) is 5.24. The van der Waals surface area contributed by atoms with Gasteiger partial charge in [-0.15, -0.1) is 0 Å². The summed E-state index contributed by atoms with van der Waals surface area (Å²) in [5.41, 5.74) is -1.12. The molecule has 2 aromatic rings. The first kappa shape index (κ1) is 19.9. The first-order chi connectivity index (χ1) is 12.6. The second-order valence-electron chi connectivity index (χ2n) is 4.83. The number of carbonyl (C=O) groups excluding carboxylic acids is 1. The number of aromatic nitrogens is 3. The number of carboxylic acids is 1. The van der Waals surface area contributed by atoms with Crippen molar-refractivity contribution in [2.24, 2.45) is 0 Å². The number of hydrogen-bond donors (Lipinski definition) is 1. The number of esters is 1. The van der Waals surface area contributed by atoms with Crippen molar-refractivity contribution < 1.29 is 32.6 Å². The Kier molecular flexibility index (Phi) is 5.81. The third-order valence-electron chi connectivity index (χ3n) is 2.99. The van der Waals surface area contributed by atoms with Crippen molar-refractivity contribution in [1.82, 2.24) is 14.8 Å². The van der Waals surface area contributed by atoms with Crippen LogP contribution in [0.15, 0.2) is 24.5 Å². The number of nitrogens with zero attached hydrogens (tertiary/aromatic N) is 4. The molecule has 140 valence electrons. The molecule has 0 atom stereocenters. The zero-order chi connectivity index (χ0) is 20.2. The summed E-state index contributed by atoms with van der Waals surface area (Å²) in [4.78, 5) is 25.4. The molecular weight excluding hydrogens is 393 g/mol. The second kappa shape index (κ2) is 7.88. The minimum Gasteiger partial charge on any atom is -0.479 e. The van der Waals surface area contributed by atoms with E-state index in [2.05, 4.69) is 14.8 Å². The molecule has 0 aliphatic carbocycles. The van der Waals surface area contributed by atoms with Gasteiger partial charge in [0, 0.05) is 12.3 Å². The highest BCUT2D eigenvalue weighted by Crippen LogP contribution is 2.32. The Balaban J connectivity index is 2.40. The molecule has 0 aliphatic rings. The third kappa shape index (κ3) is 4.83. The fourth-order valence-electron chi connectivity index (χ4n) is 1.84. The highest BCUT2D eigenvalue weighted by Gasteiger charge is 2.32. The van der Waals surface area contributed by atoms with Crippen molar-refractivity contribution in [3.63, 3.8) is 0 Å². The van der Waals surface area contributed by atoms with Gasteiger partial charge in [0.05, 0.1) is 28.0 Å². The van der Waals surface area contributed by atoms with E-state index in [4.69, 9.17) is 22.0 Å². The average molecular weight is 401 g/mol. The summed E-state index contributed by atoms with van der Waals surface area (Å²) in [5.74, 6) is -2.58. The molecule has 0 aromatic carbocycles. The molecule has 12 heteroatoms. The number of halogens is 4. The number of ether oxygens (including phenoxy) is 1. The van der Waals surface area contributed by atoms with Crippen molar-refractivity contribution in [2.75, 3.05) is 6.61 Å². The summed E-state index contributed by atoms with van der Waals surface area (Å²) in [5, 5.41) is 21.0. The van der Waals surface area contributed by atoms with Crippen LogP contribution in [0.2, 0.25) is 5.02 Å². The van der Waals surface area contributed by atoms with Gasteiger partial charge in [-0.3, -0.25) is 0 Å². The third-order valence-corrected chi connectivity index (χ3v) is 3.27. The number of nitriles is 1. The summed E-state index contributed by atoms with van der Waals surface area (Å²) < 4.78 is 43.5. The van der Waals surface area contributed by atoms with Gasteiger partial charge in [0.2, 0.25) is 0 Å². The predicted octanol–water partition coefficient (Wildman–Crippen LogP) is 2.45. The molecule has 27 heavy (non-hydrogen) atoms. The number of rotatable bonds is 5. The standard InChI is InChI=1S/C15H8ClF3N4O4/c16-10-3-9(15(17,18)19)6-21-14(10)23-11(8(4-20)5-22-23)1-2-13(26)27-7-12(24)25/h1-3,5-6H,7H2,(H,24,25)/b2-1+. The normalized spacial score (nSPS) is 11.4. The van der Waals surface area contributed by atoms with Gasteiger partial charge in [-0.05, 0) is 12.1 Å².